The highest BCUT2D eigenvalue weighted by molar-refractivity contribution is 5.78. The number of hydrogen-bond acceptors (Lipinski definition) is 3. The lowest BCUT2D eigenvalue weighted by Crippen LogP contribution is -2.34. The minimum Gasteiger partial charge on any atom is -0.384 e. The summed E-state index contributed by atoms with van der Waals surface area (Å²) < 4.78 is 5.32. The van der Waals surface area contributed by atoms with E-state index in [1.165, 1.54) is 12.8 Å². The molecule has 1 heterocycles. The number of amides is 1. The number of nitrogens with zero attached hydrogens (tertiary/aromatic N) is 2. The van der Waals surface area contributed by atoms with Gasteiger partial charge in [0.1, 0.15) is 6.42 Å². The molecular formula is C12H18N2O2. The van der Waals surface area contributed by atoms with Gasteiger partial charge in [-0.25, -0.2) is 0 Å². The van der Waals surface area contributed by atoms with Crippen LogP contribution in [0.5, 0.6) is 0 Å². The lowest BCUT2D eigenvalue weighted by molar-refractivity contribution is -0.129. The molecule has 0 N–H and O–H groups in total. The summed E-state index contributed by atoms with van der Waals surface area (Å²) in [7, 11) is 1.73. The van der Waals surface area contributed by atoms with Crippen LogP contribution in [0.15, 0.2) is 0 Å². The third kappa shape index (κ3) is 1.80. The Labute approximate surface area is 96.2 Å². The molecule has 88 valence electrons. The predicted octanol–water partition coefficient (Wildman–Crippen LogP) is 1.18. The van der Waals surface area contributed by atoms with E-state index in [0.717, 1.165) is 26.1 Å². The highest BCUT2D eigenvalue weighted by Gasteiger charge is 2.50. The highest BCUT2D eigenvalue weighted by atomic mass is 16.5. The first-order valence-electron chi connectivity index (χ1n) is 5.85. The molecule has 4 nitrogen and oxygen atoms in total. The van der Waals surface area contributed by atoms with Gasteiger partial charge in [0.2, 0.25) is 5.91 Å². The molecular weight excluding hydrogens is 204 g/mol. The third-order valence-electron chi connectivity index (χ3n) is 4.05. The van der Waals surface area contributed by atoms with Crippen molar-refractivity contribution in [2.45, 2.75) is 25.7 Å². The molecule has 0 spiro atoms. The number of rotatable bonds is 3. The van der Waals surface area contributed by atoms with Gasteiger partial charge < -0.3 is 9.64 Å². The Balaban J connectivity index is 2.05. The van der Waals surface area contributed by atoms with Crippen LogP contribution in [0.2, 0.25) is 0 Å². The van der Waals surface area contributed by atoms with Gasteiger partial charge in [-0.1, -0.05) is 6.42 Å². The second-order valence-corrected chi connectivity index (χ2v) is 4.99. The van der Waals surface area contributed by atoms with Crippen molar-refractivity contribution in [1.82, 2.24) is 4.90 Å². The van der Waals surface area contributed by atoms with Gasteiger partial charge in [-0.3, -0.25) is 4.79 Å². The number of hydrogen-bond donors (Lipinski definition) is 0. The van der Waals surface area contributed by atoms with Crippen LogP contribution in [0.4, 0.5) is 0 Å². The van der Waals surface area contributed by atoms with E-state index >= 15 is 0 Å². The van der Waals surface area contributed by atoms with E-state index in [4.69, 9.17) is 10.00 Å². The molecule has 1 saturated heterocycles. The molecule has 1 saturated carbocycles. The van der Waals surface area contributed by atoms with Crippen molar-refractivity contribution in [2.24, 2.45) is 11.3 Å². The Kier molecular flexibility index (Phi) is 3.15. The molecule has 16 heavy (non-hydrogen) atoms. The molecule has 1 aliphatic heterocycles. The molecule has 2 atom stereocenters. The molecule has 0 aromatic rings. The van der Waals surface area contributed by atoms with Gasteiger partial charge in [-0.2, -0.15) is 5.26 Å². The second-order valence-electron chi connectivity index (χ2n) is 4.99. The summed E-state index contributed by atoms with van der Waals surface area (Å²) in [5.41, 5.74) is 0.180. The molecule has 1 amide bonds. The van der Waals surface area contributed by atoms with E-state index in [9.17, 15) is 4.79 Å². The van der Waals surface area contributed by atoms with Crippen molar-refractivity contribution >= 4 is 5.91 Å². The maximum Gasteiger partial charge on any atom is 0.236 e. The van der Waals surface area contributed by atoms with E-state index < -0.39 is 0 Å². The minimum absolute atomic E-state index is 0.00970. The maximum absolute atomic E-state index is 11.7. The molecule has 2 aliphatic rings. The molecule has 1 aliphatic carbocycles. The largest absolute Gasteiger partial charge is 0.384 e. The first kappa shape index (κ1) is 11.4. The first-order valence-corrected chi connectivity index (χ1v) is 5.85. The highest BCUT2D eigenvalue weighted by Crippen LogP contribution is 2.48. The van der Waals surface area contributed by atoms with E-state index in [1.807, 2.05) is 11.0 Å². The number of nitriles is 1. The van der Waals surface area contributed by atoms with Gasteiger partial charge >= 0.3 is 0 Å². The molecule has 0 aromatic heterocycles. The summed E-state index contributed by atoms with van der Waals surface area (Å²) in [6, 6.07) is 1.93. The summed E-state index contributed by atoms with van der Waals surface area (Å²) in [6.45, 7) is 2.35. The van der Waals surface area contributed by atoms with Crippen LogP contribution in [0, 0.1) is 22.7 Å². The lowest BCUT2D eigenvalue weighted by Gasteiger charge is -2.27. The van der Waals surface area contributed by atoms with Crippen LogP contribution >= 0.6 is 0 Å². The number of carbonyl (C=O) groups is 1. The fraction of sp³-hybridized carbons (Fsp3) is 0.833. The van der Waals surface area contributed by atoms with Crippen LogP contribution in [0.25, 0.3) is 0 Å². The van der Waals surface area contributed by atoms with Crippen LogP contribution in [0.1, 0.15) is 25.7 Å². The molecule has 4 heteroatoms. The summed E-state index contributed by atoms with van der Waals surface area (Å²) in [5, 5.41) is 8.55. The normalized spacial score (nSPS) is 32.5. The number of carbonyl (C=O) groups excluding carboxylic acids is 1. The minimum atomic E-state index is -0.0209. The fourth-order valence-electron chi connectivity index (χ4n) is 3.31. The van der Waals surface area contributed by atoms with Gasteiger partial charge in [0.05, 0.1) is 12.7 Å². The standard InChI is InChI=1S/C12H18N2O2/c1-16-9-12-5-2-3-10(12)7-14(8-12)11(15)4-6-13/h10H,2-5,7-9H2,1H3/t10-,12-/m0/s1. The molecule has 0 aromatic carbocycles. The van der Waals surface area contributed by atoms with Gasteiger partial charge in [-0.15, -0.1) is 0 Å². The topological polar surface area (TPSA) is 53.3 Å². The van der Waals surface area contributed by atoms with E-state index in [2.05, 4.69) is 0 Å². The number of fused-ring (bicyclic) bond motifs is 1. The maximum atomic E-state index is 11.7. The smallest absolute Gasteiger partial charge is 0.236 e. The Morgan fingerprint density at radius 2 is 2.50 bits per heavy atom. The van der Waals surface area contributed by atoms with Crippen molar-refractivity contribution in [2.75, 3.05) is 26.8 Å². The Bertz CT molecular complexity index is 323. The SMILES string of the molecule is COC[C@@]12CCC[C@H]1CN(C(=O)CC#N)C2. The van der Waals surface area contributed by atoms with Gasteiger partial charge in [0, 0.05) is 25.6 Å². The van der Waals surface area contributed by atoms with E-state index in [-0.39, 0.29) is 17.7 Å². The van der Waals surface area contributed by atoms with E-state index in [0.29, 0.717) is 5.92 Å². The first-order chi connectivity index (χ1) is 7.72. The zero-order chi connectivity index (χ0) is 11.6. The zero-order valence-corrected chi connectivity index (χ0v) is 9.74. The molecule has 2 rings (SSSR count). The van der Waals surface area contributed by atoms with Crippen molar-refractivity contribution in [1.29, 1.82) is 5.26 Å². The quantitative estimate of drug-likeness (QED) is 0.720. The Hall–Kier alpha value is -1.08. The average molecular weight is 222 g/mol. The molecule has 0 unspecified atom stereocenters. The van der Waals surface area contributed by atoms with Crippen molar-refractivity contribution < 1.29 is 9.53 Å². The predicted molar refractivity (Wildman–Crippen MR) is 58.5 cm³/mol. The molecule has 0 bridgehead atoms. The van der Waals surface area contributed by atoms with Crippen molar-refractivity contribution in [3.05, 3.63) is 0 Å². The average Bonchev–Trinajstić information content (AvgIpc) is 2.74. The second kappa shape index (κ2) is 4.42. The monoisotopic (exact) mass is 222 g/mol. The Morgan fingerprint density at radius 3 is 3.19 bits per heavy atom. The van der Waals surface area contributed by atoms with Crippen molar-refractivity contribution in [3.63, 3.8) is 0 Å². The van der Waals surface area contributed by atoms with Gasteiger partial charge in [0.25, 0.3) is 0 Å². The summed E-state index contributed by atoms with van der Waals surface area (Å²) in [6.07, 6.45) is 3.60. The summed E-state index contributed by atoms with van der Waals surface area (Å²) in [5.74, 6) is 0.558. The zero-order valence-electron chi connectivity index (χ0n) is 9.74. The summed E-state index contributed by atoms with van der Waals surface area (Å²) >= 11 is 0. The number of methoxy groups -OCH3 is 1. The summed E-state index contributed by atoms with van der Waals surface area (Å²) in [4.78, 5) is 13.5. The molecule has 0 radical (unpaired) electrons. The van der Waals surface area contributed by atoms with Crippen LogP contribution in [-0.4, -0.2) is 37.6 Å². The third-order valence-corrected chi connectivity index (χ3v) is 4.05. The van der Waals surface area contributed by atoms with Crippen LogP contribution in [0.3, 0.4) is 0 Å². The Morgan fingerprint density at radius 1 is 1.69 bits per heavy atom. The van der Waals surface area contributed by atoms with Gasteiger partial charge in [0.15, 0.2) is 0 Å². The van der Waals surface area contributed by atoms with Crippen LogP contribution in [-0.2, 0) is 9.53 Å². The fourth-order valence-corrected chi connectivity index (χ4v) is 3.31. The lowest BCUT2D eigenvalue weighted by atomic mass is 9.82. The number of ether oxygens (including phenoxy) is 1. The van der Waals surface area contributed by atoms with Gasteiger partial charge in [-0.05, 0) is 18.8 Å². The molecule has 2 fully saturated rings. The van der Waals surface area contributed by atoms with E-state index in [1.54, 1.807) is 7.11 Å². The number of likely N-dealkylation sites (tertiary alicyclic amines) is 1. The van der Waals surface area contributed by atoms with Crippen molar-refractivity contribution in [3.8, 4) is 6.07 Å². The van der Waals surface area contributed by atoms with Crippen LogP contribution < -0.4 is 0 Å².